The van der Waals surface area contributed by atoms with Gasteiger partial charge in [-0.3, -0.25) is 9.59 Å². The summed E-state index contributed by atoms with van der Waals surface area (Å²) >= 11 is 0. The van der Waals surface area contributed by atoms with E-state index in [1.165, 1.54) is 26.2 Å². The first kappa shape index (κ1) is 21.0. The van der Waals surface area contributed by atoms with Crippen LogP contribution in [0.3, 0.4) is 0 Å². The molecule has 2 aromatic rings. The van der Waals surface area contributed by atoms with Gasteiger partial charge in [0.15, 0.2) is 42.0 Å². The van der Waals surface area contributed by atoms with Crippen molar-refractivity contribution in [1.82, 2.24) is 0 Å². The van der Waals surface area contributed by atoms with Crippen molar-refractivity contribution in [3.8, 4) is 23.0 Å². The molecule has 0 radical (unpaired) electrons. The van der Waals surface area contributed by atoms with E-state index in [0.29, 0.717) is 41.7 Å². The van der Waals surface area contributed by atoms with E-state index in [1.54, 1.807) is 24.3 Å². The molecule has 0 bridgehead atoms. The number of ketones is 1. The Hall–Kier alpha value is -3.75. The van der Waals surface area contributed by atoms with Gasteiger partial charge in [0.05, 0.1) is 7.11 Å². The fraction of sp³-hybridized carbons (Fsp3) is 0.286. The summed E-state index contributed by atoms with van der Waals surface area (Å²) in [6.07, 6.45) is 0. The molecule has 1 heterocycles. The molecule has 0 atom stereocenters. The van der Waals surface area contributed by atoms with E-state index in [1.807, 2.05) is 0 Å². The number of esters is 1. The van der Waals surface area contributed by atoms with Gasteiger partial charge in [-0.25, -0.2) is 4.79 Å². The van der Waals surface area contributed by atoms with Crippen LogP contribution in [0.25, 0.3) is 0 Å². The fourth-order valence-electron chi connectivity index (χ4n) is 2.65. The molecule has 1 amide bonds. The lowest BCUT2D eigenvalue weighted by molar-refractivity contribution is -0.149. The Morgan fingerprint density at radius 2 is 1.73 bits per heavy atom. The Bertz CT molecular complexity index is 956. The third-order valence-corrected chi connectivity index (χ3v) is 4.11. The van der Waals surface area contributed by atoms with Crippen LogP contribution in [0.1, 0.15) is 17.3 Å². The maximum absolute atomic E-state index is 12.0. The predicted molar refractivity (Wildman–Crippen MR) is 106 cm³/mol. The lowest BCUT2D eigenvalue weighted by Gasteiger charge is -2.19. The molecule has 1 N–H and O–H groups in total. The number of carbonyl (C=O) groups is 3. The van der Waals surface area contributed by atoms with Crippen molar-refractivity contribution in [2.24, 2.45) is 0 Å². The average molecular weight is 415 g/mol. The maximum atomic E-state index is 12.0. The molecule has 0 saturated heterocycles. The molecule has 9 heteroatoms. The van der Waals surface area contributed by atoms with Gasteiger partial charge >= 0.3 is 5.97 Å². The summed E-state index contributed by atoms with van der Waals surface area (Å²) in [5.74, 6) is 0.368. The summed E-state index contributed by atoms with van der Waals surface area (Å²) in [5.41, 5.74) is 0.949. The normalized spacial score (nSPS) is 11.9. The molecule has 0 fully saturated rings. The summed E-state index contributed by atoms with van der Waals surface area (Å²) in [4.78, 5) is 35.3. The van der Waals surface area contributed by atoms with Crippen molar-refractivity contribution < 1.29 is 38.1 Å². The Morgan fingerprint density at radius 3 is 2.47 bits per heavy atom. The Labute approximate surface area is 172 Å². The van der Waals surface area contributed by atoms with Gasteiger partial charge < -0.3 is 29.0 Å². The number of ether oxygens (including phenoxy) is 5. The molecule has 0 unspecified atom stereocenters. The van der Waals surface area contributed by atoms with Crippen LogP contribution in [-0.4, -0.2) is 51.2 Å². The van der Waals surface area contributed by atoms with Crippen LogP contribution in [0.15, 0.2) is 36.4 Å². The number of hydrogen-bond donors (Lipinski definition) is 1. The van der Waals surface area contributed by atoms with Gasteiger partial charge in [-0.2, -0.15) is 0 Å². The molecule has 0 aliphatic carbocycles. The number of amides is 1. The Balaban J connectivity index is 1.46. The Morgan fingerprint density at radius 1 is 0.967 bits per heavy atom. The maximum Gasteiger partial charge on any atom is 0.344 e. The minimum absolute atomic E-state index is 0.122. The second kappa shape index (κ2) is 9.64. The summed E-state index contributed by atoms with van der Waals surface area (Å²) in [5, 5.41) is 2.61. The van der Waals surface area contributed by atoms with Crippen molar-refractivity contribution in [2.75, 3.05) is 38.9 Å². The molecule has 1 aliphatic heterocycles. The lowest BCUT2D eigenvalue weighted by atomic mass is 10.1. The zero-order valence-corrected chi connectivity index (χ0v) is 16.6. The van der Waals surface area contributed by atoms with Crippen LogP contribution in [0, 0.1) is 0 Å². The number of benzene rings is 2. The topological polar surface area (TPSA) is 109 Å². The van der Waals surface area contributed by atoms with Gasteiger partial charge in [-0.1, -0.05) is 0 Å². The molecule has 0 saturated carbocycles. The number of rotatable bonds is 8. The summed E-state index contributed by atoms with van der Waals surface area (Å²) in [7, 11) is 1.42. The van der Waals surface area contributed by atoms with Crippen LogP contribution in [-0.2, 0) is 14.3 Å². The molecule has 1 aliphatic rings. The van der Waals surface area contributed by atoms with Crippen LogP contribution in [0.4, 0.5) is 5.69 Å². The van der Waals surface area contributed by atoms with Gasteiger partial charge in [0.25, 0.3) is 5.91 Å². The number of nitrogens with one attached hydrogen (secondary N) is 1. The van der Waals surface area contributed by atoms with Crippen LogP contribution < -0.4 is 24.3 Å². The van der Waals surface area contributed by atoms with E-state index in [4.69, 9.17) is 23.7 Å². The third-order valence-electron chi connectivity index (χ3n) is 4.11. The molecule has 9 nitrogen and oxygen atoms in total. The van der Waals surface area contributed by atoms with Gasteiger partial charge in [0, 0.05) is 17.3 Å². The van der Waals surface area contributed by atoms with Gasteiger partial charge in [-0.15, -0.1) is 0 Å². The highest BCUT2D eigenvalue weighted by atomic mass is 16.6. The minimum atomic E-state index is -0.731. The van der Waals surface area contributed by atoms with Crippen LogP contribution in [0.5, 0.6) is 23.0 Å². The number of Topliss-reactive ketones (excluding diaryl/α,β-unsaturated/α-hetero) is 1. The van der Waals surface area contributed by atoms with Gasteiger partial charge in [-0.05, 0) is 37.3 Å². The highest BCUT2D eigenvalue weighted by Crippen LogP contribution is 2.32. The highest BCUT2D eigenvalue weighted by Gasteiger charge is 2.15. The summed E-state index contributed by atoms with van der Waals surface area (Å²) < 4.78 is 26.3. The molecule has 0 aromatic heterocycles. The molecule has 2 aromatic carbocycles. The van der Waals surface area contributed by atoms with Crippen LogP contribution in [0.2, 0.25) is 0 Å². The smallest absolute Gasteiger partial charge is 0.344 e. The first-order valence-corrected chi connectivity index (χ1v) is 9.13. The predicted octanol–water partition coefficient (Wildman–Crippen LogP) is 2.23. The summed E-state index contributed by atoms with van der Waals surface area (Å²) in [6, 6.07) is 9.59. The first-order valence-electron chi connectivity index (χ1n) is 9.13. The van der Waals surface area contributed by atoms with Gasteiger partial charge in [0.2, 0.25) is 0 Å². The number of carbonyl (C=O) groups excluding carboxylic acids is 3. The molecule has 30 heavy (non-hydrogen) atoms. The second-order valence-corrected chi connectivity index (χ2v) is 6.28. The van der Waals surface area contributed by atoms with Gasteiger partial charge in [0.1, 0.15) is 13.2 Å². The molecular formula is C21H21NO8. The minimum Gasteiger partial charge on any atom is -0.493 e. The monoisotopic (exact) mass is 415 g/mol. The largest absolute Gasteiger partial charge is 0.493 e. The average Bonchev–Trinajstić information content (AvgIpc) is 2.76. The van der Waals surface area contributed by atoms with E-state index in [-0.39, 0.29) is 11.5 Å². The van der Waals surface area contributed by atoms with Crippen molar-refractivity contribution in [3.05, 3.63) is 42.0 Å². The zero-order valence-electron chi connectivity index (χ0n) is 16.6. The Kier molecular flexibility index (Phi) is 6.74. The van der Waals surface area contributed by atoms with Crippen molar-refractivity contribution in [1.29, 1.82) is 0 Å². The standard InChI is InChI=1S/C21H21NO8/c1-13(23)14-3-5-16(18(9-14)26-2)29-12-21(25)30-11-20(24)22-15-4-6-17-19(10-15)28-8-7-27-17/h3-6,9-10H,7-8,11-12H2,1-2H3,(H,22,24). The number of fused-ring (bicyclic) bond motifs is 1. The number of methoxy groups -OCH3 is 1. The third kappa shape index (κ3) is 5.40. The lowest BCUT2D eigenvalue weighted by Crippen LogP contribution is -2.24. The van der Waals surface area contributed by atoms with E-state index in [0.717, 1.165) is 0 Å². The first-order chi connectivity index (χ1) is 14.5. The van der Waals surface area contributed by atoms with E-state index in [2.05, 4.69) is 5.32 Å². The van der Waals surface area contributed by atoms with Crippen molar-refractivity contribution in [2.45, 2.75) is 6.92 Å². The van der Waals surface area contributed by atoms with E-state index >= 15 is 0 Å². The summed E-state index contributed by atoms with van der Waals surface area (Å²) in [6.45, 7) is 1.45. The molecular weight excluding hydrogens is 394 g/mol. The van der Waals surface area contributed by atoms with Crippen molar-refractivity contribution in [3.63, 3.8) is 0 Å². The second-order valence-electron chi connectivity index (χ2n) is 6.28. The zero-order chi connectivity index (χ0) is 21.5. The quantitative estimate of drug-likeness (QED) is 0.516. The molecule has 0 spiro atoms. The molecule has 3 rings (SSSR count). The number of hydrogen-bond acceptors (Lipinski definition) is 8. The fourth-order valence-corrected chi connectivity index (χ4v) is 2.65. The number of anilines is 1. The molecule has 158 valence electrons. The SMILES string of the molecule is COc1cc(C(C)=O)ccc1OCC(=O)OCC(=O)Nc1ccc2c(c1)OCCO2. The van der Waals surface area contributed by atoms with Crippen LogP contribution >= 0.6 is 0 Å². The van der Waals surface area contributed by atoms with Crippen molar-refractivity contribution >= 4 is 23.3 Å². The van der Waals surface area contributed by atoms with E-state index < -0.39 is 25.1 Å². The van der Waals surface area contributed by atoms with E-state index in [9.17, 15) is 14.4 Å². The highest BCUT2D eigenvalue weighted by molar-refractivity contribution is 5.95.